The van der Waals surface area contributed by atoms with Gasteiger partial charge in [0, 0.05) is 11.4 Å². The lowest BCUT2D eigenvalue weighted by Crippen LogP contribution is -2.07. The van der Waals surface area contributed by atoms with Crippen LogP contribution in [0.4, 0.5) is 0 Å². The van der Waals surface area contributed by atoms with E-state index in [-0.39, 0.29) is 0 Å². The van der Waals surface area contributed by atoms with Crippen LogP contribution in [-0.2, 0) is 12.4 Å². The van der Waals surface area contributed by atoms with Crippen molar-refractivity contribution < 1.29 is 4.74 Å². The predicted molar refractivity (Wildman–Crippen MR) is 118 cm³/mol. The van der Waals surface area contributed by atoms with Crippen LogP contribution in [-0.4, -0.2) is 14.8 Å². The normalized spacial score (nSPS) is 10.5. The highest BCUT2D eigenvalue weighted by molar-refractivity contribution is 7.98. The first kappa shape index (κ1) is 19.7. The number of benzene rings is 3. The zero-order chi connectivity index (χ0) is 20.8. The molecule has 0 aliphatic carbocycles. The maximum Gasteiger partial charge on any atom is 0.196 e. The number of aryl methyl sites for hydroxylation is 1. The van der Waals surface area contributed by atoms with Gasteiger partial charge in [-0.25, -0.2) is 0 Å². The molecule has 0 bridgehead atoms. The molecule has 5 nitrogen and oxygen atoms in total. The zero-order valence-electron chi connectivity index (χ0n) is 16.5. The fraction of sp³-hybridized carbons (Fsp3) is 0.125. The topological polar surface area (TPSA) is 63.7 Å². The van der Waals surface area contributed by atoms with Crippen LogP contribution in [0.3, 0.4) is 0 Å². The molecule has 1 aromatic heterocycles. The van der Waals surface area contributed by atoms with Crippen molar-refractivity contribution in [2.45, 2.75) is 24.4 Å². The Hall–Kier alpha value is -3.56. The molecule has 1 heterocycles. The maximum atomic E-state index is 9.12. The third-order valence-corrected chi connectivity index (χ3v) is 5.59. The maximum absolute atomic E-state index is 9.12. The minimum atomic E-state index is 0.317. The van der Waals surface area contributed by atoms with Gasteiger partial charge >= 0.3 is 0 Å². The quantitative estimate of drug-likeness (QED) is 0.385. The lowest BCUT2D eigenvalue weighted by Gasteiger charge is -2.12. The van der Waals surface area contributed by atoms with Crippen molar-refractivity contribution in [1.82, 2.24) is 14.8 Å². The van der Waals surface area contributed by atoms with Gasteiger partial charge < -0.3 is 4.74 Å². The first-order valence-electron chi connectivity index (χ1n) is 9.54. The predicted octanol–water partition coefficient (Wildman–Crippen LogP) is 5.32. The van der Waals surface area contributed by atoms with Crippen molar-refractivity contribution >= 4 is 11.8 Å². The Labute approximate surface area is 180 Å². The van der Waals surface area contributed by atoms with Crippen molar-refractivity contribution in [1.29, 1.82) is 5.26 Å². The van der Waals surface area contributed by atoms with Crippen LogP contribution in [0, 0.1) is 18.3 Å². The largest absolute Gasteiger partial charge is 0.485 e. The third kappa shape index (κ3) is 4.53. The van der Waals surface area contributed by atoms with Crippen molar-refractivity contribution in [2.75, 3.05) is 0 Å². The molecule has 0 radical (unpaired) electrons. The van der Waals surface area contributed by atoms with Crippen LogP contribution < -0.4 is 4.74 Å². The molecule has 0 fully saturated rings. The van der Waals surface area contributed by atoms with Gasteiger partial charge in [0.2, 0.25) is 0 Å². The second-order valence-corrected chi connectivity index (χ2v) is 7.67. The van der Waals surface area contributed by atoms with E-state index in [4.69, 9.17) is 10.00 Å². The van der Waals surface area contributed by atoms with Crippen LogP contribution in [0.5, 0.6) is 5.75 Å². The van der Waals surface area contributed by atoms with Crippen molar-refractivity contribution in [3.05, 3.63) is 101 Å². The lowest BCUT2D eigenvalue weighted by atomic mass is 10.2. The number of aromatic nitrogens is 3. The number of thioether (sulfide) groups is 1. The summed E-state index contributed by atoms with van der Waals surface area (Å²) in [4.78, 5) is 0. The number of rotatable bonds is 7. The molecule has 0 saturated heterocycles. The standard InChI is InChI=1S/C24H20N4OS/c1-18-8-5-6-13-22(18)29-16-23-26-27-24(28(23)21-11-3-2-4-12-21)30-17-20-10-7-9-19(14-20)15-25/h2-14H,16-17H2,1H3. The van der Waals surface area contributed by atoms with E-state index in [0.29, 0.717) is 17.9 Å². The molecule has 0 saturated carbocycles. The zero-order valence-corrected chi connectivity index (χ0v) is 17.3. The molecule has 0 amide bonds. The molecule has 0 N–H and O–H groups in total. The molecule has 0 spiro atoms. The van der Waals surface area contributed by atoms with E-state index in [1.54, 1.807) is 11.8 Å². The summed E-state index contributed by atoms with van der Waals surface area (Å²) in [6, 6.07) is 27.8. The highest BCUT2D eigenvalue weighted by Crippen LogP contribution is 2.26. The fourth-order valence-corrected chi connectivity index (χ4v) is 3.98. The molecular formula is C24H20N4OS. The van der Waals surface area contributed by atoms with E-state index < -0.39 is 0 Å². The molecule has 4 rings (SSSR count). The van der Waals surface area contributed by atoms with E-state index in [1.807, 2.05) is 90.4 Å². The summed E-state index contributed by atoms with van der Waals surface area (Å²) < 4.78 is 8.05. The summed E-state index contributed by atoms with van der Waals surface area (Å²) in [7, 11) is 0. The molecule has 148 valence electrons. The van der Waals surface area contributed by atoms with Gasteiger partial charge in [0.25, 0.3) is 0 Å². The molecule has 6 heteroatoms. The summed E-state index contributed by atoms with van der Waals surface area (Å²) in [5, 5.41) is 18.7. The Kier molecular flexibility index (Phi) is 6.11. The number of nitriles is 1. The number of para-hydroxylation sites is 2. The average Bonchev–Trinajstić information content (AvgIpc) is 3.20. The van der Waals surface area contributed by atoms with Crippen molar-refractivity contribution in [2.24, 2.45) is 0 Å². The number of hydrogen-bond acceptors (Lipinski definition) is 5. The van der Waals surface area contributed by atoms with Crippen molar-refractivity contribution in [3.63, 3.8) is 0 Å². The Morgan fingerprint density at radius 1 is 0.967 bits per heavy atom. The van der Waals surface area contributed by atoms with E-state index in [9.17, 15) is 0 Å². The van der Waals surface area contributed by atoms with Gasteiger partial charge in [0.05, 0.1) is 11.6 Å². The van der Waals surface area contributed by atoms with Gasteiger partial charge in [0.1, 0.15) is 12.4 Å². The summed E-state index contributed by atoms with van der Waals surface area (Å²) in [6.07, 6.45) is 0. The number of hydrogen-bond donors (Lipinski definition) is 0. The minimum Gasteiger partial charge on any atom is -0.485 e. The molecule has 30 heavy (non-hydrogen) atoms. The Bertz CT molecular complexity index is 1180. The van der Waals surface area contributed by atoms with Crippen LogP contribution in [0.1, 0.15) is 22.5 Å². The molecule has 0 aliphatic heterocycles. The third-order valence-electron chi connectivity index (χ3n) is 4.59. The van der Waals surface area contributed by atoms with E-state index in [1.165, 1.54) is 0 Å². The smallest absolute Gasteiger partial charge is 0.196 e. The van der Waals surface area contributed by atoms with Gasteiger partial charge in [-0.15, -0.1) is 10.2 Å². The summed E-state index contributed by atoms with van der Waals surface area (Å²) in [6.45, 7) is 2.34. The molecule has 3 aromatic carbocycles. The van der Waals surface area contributed by atoms with Crippen LogP contribution in [0.2, 0.25) is 0 Å². The van der Waals surface area contributed by atoms with Crippen LogP contribution in [0.15, 0.2) is 84.0 Å². The summed E-state index contributed by atoms with van der Waals surface area (Å²) in [5.74, 6) is 2.26. The molecule has 0 unspecified atom stereocenters. The Balaban J connectivity index is 1.59. The Morgan fingerprint density at radius 3 is 2.57 bits per heavy atom. The number of ether oxygens (including phenoxy) is 1. The SMILES string of the molecule is Cc1ccccc1OCc1nnc(SCc2cccc(C#N)c2)n1-c1ccccc1. The van der Waals surface area contributed by atoms with Gasteiger partial charge in [-0.05, 0) is 48.4 Å². The van der Waals surface area contributed by atoms with Crippen LogP contribution in [0.25, 0.3) is 5.69 Å². The molecule has 0 aliphatic rings. The van der Waals surface area contributed by atoms with Gasteiger partial charge in [-0.1, -0.05) is 60.3 Å². The first-order valence-corrected chi connectivity index (χ1v) is 10.5. The van der Waals surface area contributed by atoms with E-state index in [0.717, 1.165) is 33.5 Å². The highest BCUT2D eigenvalue weighted by atomic mass is 32.2. The van der Waals surface area contributed by atoms with E-state index >= 15 is 0 Å². The Morgan fingerprint density at radius 2 is 1.77 bits per heavy atom. The average molecular weight is 413 g/mol. The molecule has 4 aromatic rings. The minimum absolute atomic E-state index is 0.317. The second-order valence-electron chi connectivity index (χ2n) is 6.72. The highest BCUT2D eigenvalue weighted by Gasteiger charge is 2.15. The summed E-state index contributed by atoms with van der Waals surface area (Å²) in [5.41, 5.74) is 3.79. The van der Waals surface area contributed by atoms with E-state index in [2.05, 4.69) is 16.3 Å². The van der Waals surface area contributed by atoms with Gasteiger partial charge in [-0.2, -0.15) is 5.26 Å². The molecular weight excluding hydrogens is 392 g/mol. The second kappa shape index (κ2) is 9.29. The lowest BCUT2D eigenvalue weighted by molar-refractivity contribution is 0.291. The van der Waals surface area contributed by atoms with Gasteiger partial charge in [0.15, 0.2) is 11.0 Å². The fourth-order valence-electron chi connectivity index (χ4n) is 3.06. The molecule has 0 atom stereocenters. The monoisotopic (exact) mass is 412 g/mol. The first-order chi connectivity index (χ1) is 14.7. The number of nitrogens with zero attached hydrogens (tertiary/aromatic N) is 4. The van der Waals surface area contributed by atoms with Crippen LogP contribution >= 0.6 is 11.8 Å². The summed E-state index contributed by atoms with van der Waals surface area (Å²) >= 11 is 1.58. The van der Waals surface area contributed by atoms with Gasteiger partial charge in [-0.3, -0.25) is 4.57 Å². The van der Waals surface area contributed by atoms with Crippen molar-refractivity contribution in [3.8, 4) is 17.5 Å².